The number of thioether (sulfide) groups is 1. The van der Waals surface area contributed by atoms with E-state index in [1.807, 2.05) is 0 Å². The van der Waals surface area contributed by atoms with Gasteiger partial charge >= 0.3 is 6.18 Å². The Labute approximate surface area is 156 Å². The summed E-state index contributed by atoms with van der Waals surface area (Å²) in [6, 6.07) is 8.72. The minimum atomic E-state index is -4.55. The highest BCUT2D eigenvalue weighted by molar-refractivity contribution is 8.19. The molecule has 0 unspecified atom stereocenters. The summed E-state index contributed by atoms with van der Waals surface area (Å²) in [5.74, 6) is -0.454. The maximum atomic E-state index is 12.9. The van der Waals surface area contributed by atoms with E-state index in [1.54, 1.807) is 6.07 Å². The van der Waals surface area contributed by atoms with E-state index in [1.165, 1.54) is 37.5 Å². The third-order valence-electron chi connectivity index (χ3n) is 3.76. The van der Waals surface area contributed by atoms with E-state index in [4.69, 9.17) is 10.1 Å². The Bertz CT molecular complexity index is 957. The number of halogens is 3. The van der Waals surface area contributed by atoms with Crippen LogP contribution >= 0.6 is 11.8 Å². The SMILES string of the molecule is COc1cc(C=C2SC(=N)N(c3cccc(C(F)(F)F)c3)C2=O)ccc1O. The molecule has 1 fully saturated rings. The number of phenolic OH excluding ortho intramolecular Hbond substituents is 1. The fourth-order valence-electron chi connectivity index (χ4n) is 2.48. The molecule has 0 saturated carbocycles. The van der Waals surface area contributed by atoms with E-state index in [2.05, 4.69) is 0 Å². The van der Waals surface area contributed by atoms with Gasteiger partial charge in [-0.05, 0) is 53.7 Å². The van der Waals surface area contributed by atoms with Crippen LogP contribution < -0.4 is 9.64 Å². The molecule has 0 bridgehead atoms. The van der Waals surface area contributed by atoms with Crippen molar-refractivity contribution in [2.45, 2.75) is 6.18 Å². The van der Waals surface area contributed by atoms with Crippen LogP contribution in [0.3, 0.4) is 0 Å². The van der Waals surface area contributed by atoms with Crippen molar-refractivity contribution in [3.63, 3.8) is 0 Å². The quantitative estimate of drug-likeness (QED) is 0.753. The number of amidine groups is 1. The van der Waals surface area contributed by atoms with Gasteiger partial charge in [0, 0.05) is 0 Å². The highest BCUT2D eigenvalue weighted by Gasteiger charge is 2.36. The molecule has 3 rings (SSSR count). The summed E-state index contributed by atoms with van der Waals surface area (Å²) in [5, 5.41) is 17.4. The first-order chi connectivity index (χ1) is 12.7. The van der Waals surface area contributed by atoms with E-state index in [0.29, 0.717) is 5.56 Å². The fourth-order valence-corrected chi connectivity index (χ4v) is 3.34. The number of alkyl halides is 3. The Morgan fingerprint density at radius 2 is 1.96 bits per heavy atom. The second kappa shape index (κ2) is 6.99. The molecule has 140 valence electrons. The molecule has 1 saturated heterocycles. The lowest BCUT2D eigenvalue weighted by Crippen LogP contribution is -2.28. The van der Waals surface area contributed by atoms with Crippen LogP contribution in [0.4, 0.5) is 18.9 Å². The van der Waals surface area contributed by atoms with Crippen molar-refractivity contribution >= 4 is 34.6 Å². The highest BCUT2D eigenvalue weighted by atomic mass is 32.2. The lowest BCUT2D eigenvalue weighted by atomic mass is 10.1. The molecule has 2 aromatic rings. The molecule has 5 nitrogen and oxygen atoms in total. The van der Waals surface area contributed by atoms with Crippen molar-refractivity contribution in [1.29, 1.82) is 5.41 Å². The number of anilines is 1. The van der Waals surface area contributed by atoms with Crippen LogP contribution in [0.1, 0.15) is 11.1 Å². The molecule has 0 atom stereocenters. The van der Waals surface area contributed by atoms with Crippen molar-refractivity contribution in [2.75, 3.05) is 12.0 Å². The Morgan fingerprint density at radius 1 is 1.22 bits per heavy atom. The number of hydrogen-bond donors (Lipinski definition) is 2. The van der Waals surface area contributed by atoms with Crippen molar-refractivity contribution in [3.05, 3.63) is 58.5 Å². The molecule has 1 heterocycles. The lowest BCUT2D eigenvalue weighted by molar-refractivity contribution is -0.137. The number of benzene rings is 2. The molecule has 2 aromatic carbocycles. The predicted octanol–water partition coefficient (Wildman–Crippen LogP) is 4.48. The number of amides is 1. The van der Waals surface area contributed by atoms with Gasteiger partial charge in [0.15, 0.2) is 16.7 Å². The van der Waals surface area contributed by atoms with Crippen LogP contribution in [0.25, 0.3) is 6.08 Å². The maximum Gasteiger partial charge on any atom is 0.416 e. The molecule has 1 amide bonds. The Balaban J connectivity index is 1.94. The third-order valence-corrected chi connectivity index (χ3v) is 4.65. The van der Waals surface area contributed by atoms with E-state index in [-0.39, 0.29) is 27.3 Å². The number of aromatic hydroxyl groups is 1. The van der Waals surface area contributed by atoms with Crippen LogP contribution in [0.5, 0.6) is 11.5 Å². The van der Waals surface area contributed by atoms with Crippen molar-refractivity contribution in [1.82, 2.24) is 0 Å². The van der Waals surface area contributed by atoms with Gasteiger partial charge in [0.2, 0.25) is 0 Å². The first-order valence-corrected chi connectivity index (χ1v) is 8.39. The molecule has 9 heteroatoms. The van der Waals surface area contributed by atoms with Gasteiger partial charge in [-0.15, -0.1) is 0 Å². The lowest BCUT2D eigenvalue weighted by Gasteiger charge is -2.16. The molecule has 0 radical (unpaired) electrons. The molecule has 27 heavy (non-hydrogen) atoms. The van der Waals surface area contributed by atoms with Crippen LogP contribution in [0, 0.1) is 5.41 Å². The summed E-state index contributed by atoms with van der Waals surface area (Å²) in [6.45, 7) is 0. The number of carbonyl (C=O) groups excluding carboxylic acids is 1. The van der Waals surface area contributed by atoms with E-state index >= 15 is 0 Å². The average molecular weight is 394 g/mol. The monoisotopic (exact) mass is 394 g/mol. The molecule has 1 aliphatic heterocycles. The summed E-state index contributed by atoms with van der Waals surface area (Å²) in [6.07, 6.45) is -3.06. The Kier molecular flexibility index (Phi) is 4.88. The highest BCUT2D eigenvalue weighted by Crippen LogP contribution is 2.38. The normalized spacial score (nSPS) is 16.3. The number of carbonyl (C=O) groups is 1. The maximum absolute atomic E-state index is 12.9. The zero-order valence-corrected chi connectivity index (χ0v) is 14.7. The van der Waals surface area contributed by atoms with E-state index in [0.717, 1.165) is 28.8 Å². The van der Waals surface area contributed by atoms with Gasteiger partial charge in [0.05, 0.1) is 23.3 Å². The molecule has 2 N–H and O–H groups in total. The smallest absolute Gasteiger partial charge is 0.416 e. The molecule has 1 aliphatic rings. The van der Waals surface area contributed by atoms with Gasteiger partial charge in [-0.2, -0.15) is 13.2 Å². The predicted molar refractivity (Wildman–Crippen MR) is 96.9 cm³/mol. The second-order valence-electron chi connectivity index (χ2n) is 5.54. The zero-order chi connectivity index (χ0) is 19.8. The molecule has 0 aliphatic carbocycles. The van der Waals surface area contributed by atoms with Gasteiger partial charge in [-0.1, -0.05) is 12.1 Å². The number of nitrogens with zero attached hydrogens (tertiary/aromatic N) is 1. The second-order valence-corrected chi connectivity index (χ2v) is 6.57. The summed E-state index contributed by atoms with van der Waals surface area (Å²) >= 11 is 0.839. The summed E-state index contributed by atoms with van der Waals surface area (Å²) in [7, 11) is 1.38. The van der Waals surface area contributed by atoms with Crippen LogP contribution in [0.15, 0.2) is 47.4 Å². The average Bonchev–Trinajstić information content (AvgIpc) is 2.89. The number of methoxy groups -OCH3 is 1. The van der Waals surface area contributed by atoms with Gasteiger partial charge in [-0.25, -0.2) is 0 Å². The van der Waals surface area contributed by atoms with Crippen molar-refractivity contribution in [3.8, 4) is 11.5 Å². The summed E-state index contributed by atoms with van der Waals surface area (Å²) in [4.78, 5) is 13.7. The summed E-state index contributed by atoms with van der Waals surface area (Å²) in [5.41, 5.74) is -0.385. The Morgan fingerprint density at radius 3 is 2.63 bits per heavy atom. The third kappa shape index (κ3) is 3.77. The molecule has 0 aromatic heterocycles. The zero-order valence-electron chi connectivity index (χ0n) is 13.9. The van der Waals surface area contributed by atoms with Gasteiger partial charge < -0.3 is 9.84 Å². The van der Waals surface area contributed by atoms with Gasteiger partial charge in [0.1, 0.15) is 0 Å². The topological polar surface area (TPSA) is 73.6 Å². The number of phenols is 1. The van der Waals surface area contributed by atoms with Crippen LogP contribution in [0.2, 0.25) is 0 Å². The van der Waals surface area contributed by atoms with E-state index < -0.39 is 17.6 Å². The van der Waals surface area contributed by atoms with Gasteiger partial charge in [0.25, 0.3) is 5.91 Å². The fraction of sp³-hybridized carbons (Fsp3) is 0.111. The first-order valence-electron chi connectivity index (χ1n) is 7.57. The van der Waals surface area contributed by atoms with Crippen LogP contribution in [-0.4, -0.2) is 23.3 Å². The van der Waals surface area contributed by atoms with Crippen molar-refractivity contribution < 1.29 is 27.8 Å². The molecular formula is C18H13F3N2O3S. The standard InChI is InChI=1S/C18H13F3N2O3S/c1-26-14-7-10(5-6-13(14)24)8-15-16(25)23(17(22)27-15)12-4-2-3-11(9-12)18(19,20)21/h2-9,22,24H,1H3. The minimum Gasteiger partial charge on any atom is -0.504 e. The minimum absolute atomic E-state index is 0.0287. The number of nitrogens with one attached hydrogen (secondary N) is 1. The number of ether oxygens (including phenoxy) is 1. The van der Waals surface area contributed by atoms with Crippen LogP contribution in [-0.2, 0) is 11.0 Å². The first kappa shape index (κ1) is 18.8. The largest absolute Gasteiger partial charge is 0.504 e. The molecule has 0 spiro atoms. The summed E-state index contributed by atoms with van der Waals surface area (Å²) < 4.78 is 43.7. The van der Waals surface area contributed by atoms with Crippen molar-refractivity contribution in [2.24, 2.45) is 0 Å². The number of rotatable bonds is 3. The van der Waals surface area contributed by atoms with E-state index in [9.17, 15) is 23.1 Å². The number of hydrogen-bond acceptors (Lipinski definition) is 5. The van der Waals surface area contributed by atoms with Gasteiger partial charge in [-0.3, -0.25) is 15.1 Å². The molecular weight excluding hydrogens is 381 g/mol. The Hall–Kier alpha value is -2.94.